The molecular weight excluding hydrogens is 268 g/mol. The standard InChI is InChI=1S/C13H20O3S2/c1-11-7-8-13(18(15,16)17)12(10-11)6-4-2-3-5-9-14/h7-8,10,14H,2-6,9H2,1H3,(H,15,16,17). The van der Waals surface area contributed by atoms with E-state index in [1.165, 1.54) is 0 Å². The van der Waals surface area contributed by atoms with Gasteiger partial charge in [0.05, 0.1) is 4.90 Å². The Balaban J connectivity index is 2.72. The summed E-state index contributed by atoms with van der Waals surface area (Å²) in [5.41, 5.74) is 1.95. The number of benzene rings is 1. The maximum atomic E-state index is 11.6. The zero-order valence-corrected chi connectivity index (χ0v) is 12.2. The minimum Gasteiger partial charge on any atom is -0.396 e. The van der Waals surface area contributed by atoms with Gasteiger partial charge in [-0.1, -0.05) is 30.5 Å². The fourth-order valence-corrected chi connectivity index (χ4v) is 3.16. The summed E-state index contributed by atoms with van der Waals surface area (Å²) in [6, 6.07) is 5.41. The van der Waals surface area contributed by atoms with Crippen LogP contribution in [0.2, 0.25) is 0 Å². The molecule has 0 saturated carbocycles. The summed E-state index contributed by atoms with van der Waals surface area (Å²) in [6.07, 6.45) is 4.52. The molecule has 18 heavy (non-hydrogen) atoms. The summed E-state index contributed by atoms with van der Waals surface area (Å²) in [5.74, 6) is 0. The largest absolute Gasteiger partial charge is 0.396 e. The predicted molar refractivity (Wildman–Crippen MR) is 76.8 cm³/mol. The topological polar surface area (TPSA) is 57.5 Å². The van der Waals surface area contributed by atoms with Gasteiger partial charge in [-0.05, 0) is 37.8 Å². The lowest BCUT2D eigenvalue weighted by Crippen LogP contribution is -2.02. The van der Waals surface area contributed by atoms with E-state index in [-0.39, 0.29) is 6.61 Å². The molecule has 0 radical (unpaired) electrons. The van der Waals surface area contributed by atoms with Gasteiger partial charge >= 0.3 is 0 Å². The van der Waals surface area contributed by atoms with Crippen molar-refractivity contribution in [1.82, 2.24) is 0 Å². The predicted octanol–water partition coefficient (Wildman–Crippen LogP) is 2.67. The SMILES string of the molecule is Cc1ccc(S(=O)(O)=S)c(CCCCCCO)c1. The van der Waals surface area contributed by atoms with Crippen LogP contribution in [0.3, 0.4) is 0 Å². The van der Waals surface area contributed by atoms with E-state index in [2.05, 4.69) is 11.2 Å². The summed E-state index contributed by atoms with van der Waals surface area (Å²) < 4.78 is 21.1. The summed E-state index contributed by atoms with van der Waals surface area (Å²) >= 11 is 4.65. The van der Waals surface area contributed by atoms with E-state index in [0.29, 0.717) is 4.90 Å². The molecule has 0 aromatic heterocycles. The molecule has 1 atom stereocenters. The Hall–Kier alpha value is -0.490. The number of aliphatic hydroxyl groups is 1. The Morgan fingerprint density at radius 2 is 1.89 bits per heavy atom. The van der Waals surface area contributed by atoms with Gasteiger partial charge in [-0.25, -0.2) is 4.21 Å². The molecule has 0 aliphatic carbocycles. The summed E-state index contributed by atoms with van der Waals surface area (Å²) in [4.78, 5) is 0.380. The molecule has 2 N–H and O–H groups in total. The van der Waals surface area contributed by atoms with Gasteiger partial charge in [-0.15, -0.1) is 0 Å². The van der Waals surface area contributed by atoms with Crippen molar-refractivity contribution in [2.24, 2.45) is 0 Å². The summed E-state index contributed by atoms with van der Waals surface area (Å²) in [6.45, 7) is 2.19. The van der Waals surface area contributed by atoms with E-state index in [9.17, 15) is 8.76 Å². The normalized spacial score (nSPS) is 14.4. The number of hydrogen-bond donors (Lipinski definition) is 2. The lowest BCUT2D eigenvalue weighted by Gasteiger charge is -2.09. The van der Waals surface area contributed by atoms with Crippen molar-refractivity contribution in [1.29, 1.82) is 0 Å². The van der Waals surface area contributed by atoms with Gasteiger partial charge in [0.25, 0.3) is 0 Å². The molecule has 0 bridgehead atoms. The van der Waals surface area contributed by atoms with Gasteiger partial charge in [0.1, 0.15) is 0 Å². The first kappa shape index (κ1) is 15.6. The monoisotopic (exact) mass is 288 g/mol. The maximum Gasteiger partial charge on any atom is 0.171 e. The molecule has 0 heterocycles. The van der Waals surface area contributed by atoms with Gasteiger partial charge < -0.3 is 9.66 Å². The van der Waals surface area contributed by atoms with Crippen molar-refractivity contribution in [3.05, 3.63) is 29.3 Å². The quantitative estimate of drug-likeness (QED) is 0.757. The number of aryl methyl sites for hydroxylation is 2. The van der Waals surface area contributed by atoms with E-state index in [1.807, 2.05) is 19.1 Å². The van der Waals surface area contributed by atoms with Crippen molar-refractivity contribution in [2.45, 2.75) is 43.9 Å². The second-order valence-corrected chi connectivity index (χ2v) is 7.22. The van der Waals surface area contributed by atoms with Crippen LogP contribution in [-0.4, -0.2) is 20.5 Å². The molecule has 0 saturated heterocycles. The third-order valence-corrected chi connectivity index (χ3v) is 4.34. The average molecular weight is 288 g/mol. The minimum atomic E-state index is -3.30. The third-order valence-electron chi connectivity index (χ3n) is 2.85. The van der Waals surface area contributed by atoms with Crippen LogP contribution in [0.1, 0.15) is 36.8 Å². The van der Waals surface area contributed by atoms with Crippen LogP contribution < -0.4 is 0 Å². The highest BCUT2D eigenvalue weighted by atomic mass is 32.8. The molecule has 1 aromatic rings. The van der Waals surface area contributed by atoms with Gasteiger partial charge in [0.15, 0.2) is 8.77 Å². The highest BCUT2D eigenvalue weighted by Crippen LogP contribution is 2.20. The van der Waals surface area contributed by atoms with E-state index in [1.54, 1.807) is 6.07 Å². The first-order valence-electron chi connectivity index (χ1n) is 6.13. The van der Waals surface area contributed by atoms with Crippen molar-refractivity contribution in [3.8, 4) is 0 Å². The molecule has 0 fully saturated rings. The first-order chi connectivity index (χ1) is 8.45. The zero-order chi connectivity index (χ0) is 13.6. The van der Waals surface area contributed by atoms with E-state index in [4.69, 9.17) is 5.11 Å². The highest BCUT2D eigenvalue weighted by molar-refractivity contribution is 8.29. The van der Waals surface area contributed by atoms with Crippen LogP contribution in [0.15, 0.2) is 23.1 Å². The Morgan fingerprint density at radius 3 is 2.50 bits per heavy atom. The van der Waals surface area contributed by atoms with Gasteiger partial charge in [0.2, 0.25) is 0 Å². The molecular formula is C13H20O3S2. The molecule has 0 amide bonds. The molecule has 102 valence electrons. The summed E-state index contributed by atoms with van der Waals surface area (Å²) in [7, 11) is -3.30. The third kappa shape index (κ3) is 5.02. The molecule has 1 rings (SSSR count). The molecule has 0 spiro atoms. The zero-order valence-electron chi connectivity index (χ0n) is 10.6. The summed E-state index contributed by atoms with van der Waals surface area (Å²) in [5, 5.41) is 8.68. The number of hydrogen-bond acceptors (Lipinski definition) is 3. The van der Waals surface area contributed by atoms with Crippen LogP contribution >= 0.6 is 0 Å². The maximum absolute atomic E-state index is 11.6. The smallest absolute Gasteiger partial charge is 0.171 e. The van der Waals surface area contributed by atoms with Crippen molar-refractivity contribution in [3.63, 3.8) is 0 Å². The number of rotatable bonds is 7. The molecule has 3 nitrogen and oxygen atoms in total. The first-order valence-corrected chi connectivity index (χ1v) is 8.57. The van der Waals surface area contributed by atoms with Crippen LogP contribution in [0.5, 0.6) is 0 Å². The van der Waals surface area contributed by atoms with E-state index in [0.717, 1.165) is 43.2 Å². The van der Waals surface area contributed by atoms with Gasteiger partial charge in [-0.2, -0.15) is 0 Å². The van der Waals surface area contributed by atoms with Crippen LogP contribution in [0.25, 0.3) is 0 Å². The molecule has 0 aliphatic rings. The van der Waals surface area contributed by atoms with Crippen molar-refractivity contribution < 1.29 is 13.9 Å². The second-order valence-electron chi connectivity index (χ2n) is 4.47. The minimum absolute atomic E-state index is 0.228. The van der Waals surface area contributed by atoms with E-state index >= 15 is 0 Å². The molecule has 0 aliphatic heterocycles. The second kappa shape index (κ2) is 7.19. The Kier molecular flexibility index (Phi) is 6.21. The highest BCUT2D eigenvalue weighted by Gasteiger charge is 2.11. The van der Waals surface area contributed by atoms with Crippen molar-refractivity contribution >= 4 is 20.0 Å². The molecule has 1 aromatic carbocycles. The lowest BCUT2D eigenvalue weighted by molar-refractivity contribution is 0.282. The van der Waals surface area contributed by atoms with Crippen LogP contribution in [0, 0.1) is 6.92 Å². The van der Waals surface area contributed by atoms with Crippen molar-refractivity contribution in [2.75, 3.05) is 6.61 Å². The number of aliphatic hydroxyl groups excluding tert-OH is 1. The number of unbranched alkanes of at least 4 members (excludes halogenated alkanes) is 3. The average Bonchev–Trinajstić information content (AvgIpc) is 2.27. The fraction of sp³-hybridized carbons (Fsp3) is 0.538. The van der Waals surface area contributed by atoms with E-state index < -0.39 is 8.77 Å². The fourth-order valence-electron chi connectivity index (χ4n) is 1.94. The van der Waals surface area contributed by atoms with Gasteiger partial charge in [-0.3, -0.25) is 0 Å². The Labute approximate surface area is 114 Å². The molecule has 5 heteroatoms. The molecule has 1 unspecified atom stereocenters. The van der Waals surface area contributed by atoms with Crippen LogP contribution in [0.4, 0.5) is 0 Å². The Morgan fingerprint density at radius 1 is 1.22 bits per heavy atom. The lowest BCUT2D eigenvalue weighted by atomic mass is 10.0. The van der Waals surface area contributed by atoms with Crippen LogP contribution in [-0.2, 0) is 26.4 Å². The Bertz CT molecular complexity index is 481. The van der Waals surface area contributed by atoms with Gasteiger partial charge in [0, 0.05) is 17.8 Å².